The fourth-order valence-electron chi connectivity index (χ4n) is 2.74. The summed E-state index contributed by atoms with van der Waals surface area (Å²) < 4.78 is 0. The minimum Gasteiger partial charge on any atom is -0.309 e. The van der Waals surface area contributed by atoms with E-state index in [0.29, 0.717) is 0 Å². The van der Waals surface area contributed by atoms with Crippen LogP contribution < -0.4 is 0 Å². The van der Waals surface area contributed by atoms with Crippen molar-refractivity contribution in [1.29, 1.82) is 0 Å². The third-order valence-corrected chi connectivity index (χ3v) is 5.05. The smallest absolute Gasteiger partial charge is 0.0345 e. The van der Waals surface area contributed by atoms with Crippen LogP contribution in [-0.2, 0) is 17.1 Å². The zero-order valence-corrected chi connectivity index (χ0v) is 17.0. The summed E-state index contributed by atoms with van der Waals surface area (Å²) in [5.74, 6) is 2.77. The van der Waals surface area contributed by atoms with Gasteiger partial charge in [-0.2, -0.15) is 0 Å². The first-order valence-electron chi connectivity index (χ1n) is 8.45. The van der Waals surface area contributed by atoms with Gasteiger partial charge in [-0.05, 0) is 83.2 Å². The number of benzene rings is 1. The predicted molar refractivity (Wildman–Crippen MR) is 108 cm³/mol. The van der Waals surface area contributed by atoms with Crippen LogP contribution in [0.25, 0.3) is 10.4 Å². The van der Waals surface area contributed by atoms with Gasteiger partial charge in [0, 0.05) is 45.2 Å². The third-order valence-electron chi connectivity index (χ3n) is 3.88. The minimum atomic E-state index is 0. The van der Waals surface area contributed by atoms with Gasteiger partial charge in [0.2, 0.25) is 0 Å². The normalized spacial score (nSPS) is 17.8. The Hall–Kier alpha value is -0.601. The van der Waals surface area contributed by atoms with Crippen LogP contribution in [0.15, 0.2) is 42.5 Å². The molecule has 0 bridgehead atoms. The molecule has 4 rings (SSSR count). The van der Waals surface area contributed by atoms with Crippen molar-refractivity contribution >= 4 is 11.3 Å². The van der Waals surface area contributed by atoms with E-state index in [0.717, 1.165) is 6.54 Å². The molecule has 2 aliphatic carbocycles. The van der Waals surface area contributed by atoms with Crippen LogP contribution >= 0.6 is 11.3 Å². The second-order valence-corrected chi connectivity index (χ2v) is 7.28. The van der Waals surface area contributed by atoms with Gasteiger partial charge in [0.1, 0.15) is 0 Å². The SMILES string of the molecule is CN(C)C[C]1[CH][CH][CH][C]1c1ccc(-c2ccccc2)s1.[CH]1[CH][CH][CH][CH]1.[Fe]. The van der Waals surface area contributed by atoms with Crippen molar-refractivity contribution in [2.75, 3.05) is 20.6 Å². The van der Waals surface area contributed by atoms with Gasteiger partial charge in [-0.15, -0.1) is 11.3 Å². The van der Waals surface area contributed by atoms with Gasteiger partial charge in [-0.1, -0.05) is 30.3 Å². The molecule has 0 unspecified atom stereocenters. The molecule has 0 atom stereocenters. The number of hydrogen-bond donors (Lipinski definition) is 0. The molecule has 26 heavy (non-hydrogen) atoms. The molecule has 134 valence electrons. The first-order valence-corrected chi connectivity index (χ1v) is 9.27. The standard InChI is InChI=1S/C18H18NS.C5H5.Fe/c1-19(2)13-15-9-6-10-16(15)18-12-11-17(20-18)14-7-4-3-5-8-14;1-2-4-5-3-1;/h3-12H,13H2,1-2H3;1-5H;. The summed E-state index contributed by atoms with van der Waals surface area (Å²) in [6, 6.07) is 15.0. The molecule has 0 N–H and O–H groups in total. The first-order chi connectivity index (χ1) is 12.2. The molecule has 1 aromatic heterocycles. The Labute approximate surface area is 174 Å². The molecule has 3 heteroatoms. The largest absolute Gasteiger partial charge is 0.309 e. The Balaban J connectivity index is 0.000000351. The summed E-state index contributed by atoms with van der Waals surface area (Å²) in [6.45, 7) is 0.987. The van der Waals surface area contributed by atoms with E-state index in [2.05, 4.69) is 80.7 Å². The molecular weight excluding hydrogens is 378 g/mol. The summed E-state index contributed by atoms with van der Waals surface area (Å²) in [6.07, 6.45) is 16.6. The maximum atomic E-state index is 2.24. The van der Waals surface area contributed by atoms with E-state index < -0.39 is 0 Å². The molecule has 2 aromatic rings. The fourth-order valence-corrected chi connectivity index (χ4v) is 3.81. The van der Waals surface area contributed by atoms with E-state index >= 15 is 0 Å². The Morgan fingerprint density at radius 2 is 1.35 bits per heavy atom. The van der Waals surface area contributed by atoms with Gasteiger partial charge in [0.25, 0.3) is 0 Å². The molecule has 0 amide bonds. The van der Waals surface area contributed by atoms with Gasteiger partial charge in [-0.3, -0.25) is 0 Å². The van der Waals surface area contributed by atoms with E-state index in [-0.39, 0.29) is 17.1 Å². The van der Waals surface area contributed by atoms with E-state index in [1.54, 1.807) is 0 Å². The van der Waals surface area contributed by atoms with Crippen LogP contribution in [-0.4, -0.2) is 25.5 Å². The molecule has 0 aliphatic heterocycles. The van der Waals surface area contributed by atoms with Gasteiger partial charge in [0.05, 0.1) is 0 Å². The second-order valence-electron chi connectivity index (χ2n) is 6.19. The Morgan fingerprint density at radius 3 is 1.96 bits per heavy atom. The summed E-state index contributed by atoms with van der Waals surface area (Å²) in [5, 5.41) is 0. The molecular formula is C23H23FeNS. The summed E-state index contributed by atoms with van der Waals surface area (Å²) in [7, 11) is 4.22. The van der Waals surface area contributed by atoms with Crippen LogP contribution in [0.5, 0.6) is 0 Å². The number of thiophene rings is 1. The molecule has 2 saturated carbocycles. The fraction of sp³-hybridized carbons (Fsp3) is 0.130. The van der Waals surface area contributed by atoms with Crippen molar-refractivity contribution in [2.24, 2.45) is 0 Å². The maximum Gasteiger partial charge on any atom is 0.0345 e. The zero-order chi connectivity index (χ0) is 17.5. The van der Waals surface area contributed by atoms with Gasteiger partial charge in [0.15, 0.2) is 0 Å². The molecule has 1 heterocycles. The topological polar surface area (TPSA) is 3.24 Å². The zero-order valence-electron chi connectivity index (χ0n) is 15.1. The summed E-state index contributed by atoms with van der Waals surface area (Å²) in [5.41, 5.74) is 1.30. The average molecular weight is 401 g/mol. The van der Waals surface area contributed by atoms with E-state index in [1.807, 2.05) is 43.4 Å². The van der Waals surface area contributed by atoms with Crippen LogP contribution in [0.1, 0.15) is 4.88 Å². The van der Waals surface area contributed by atoms with Crippen LogP contribution in [0.2, 0.25) is 0 Å². The molecule has 10 radical (unpaired) electrons. The van der Waals surface area contributed by atoms with E-state index in [1.165, 1.54) is 27.2 Å². The van der Waals surface area contributed by atoms with Crippen molar-refractivity contribution in [2.45, 2.75) is 0 Å². The van der Waals surface area contributed by atoms with Crippen molar-refractivity contribution < 1.29 is 17.1 Å². The molecule has 2 aliphatic rings. The first kappa shape index (κ1) is 21.7. The summed E-state index contributed by atoms with van der Waals surface area (Å²) >= 11 is 1.87. The van der Waals surface area contributed by atoms with Crippen molar-refractivity contribution in [3.8, 4) is 10.4 Å². The number of rotatable bonds is 4. The molecule has 0 saturated heterocycles. The van der Waals surface area contributed by atoms with Gasteiger partial charge < -0.3 is 4.90 Å². The quantitative estimate of drug-likeness (QED) is 0.643. The van der Waals surface area contributed by atoms with E-state index in [4.69, 9.17) is 0 Å². The molecule has 1 nitrogen and oxygen atoms in total. The molecule has 1 aromatic carbocycles. The van der Waals surface area contributed by atoms with Crippen LogP contribution in [0, 0.1) is 63.2 Å². The monoisotopic (exact) mass is 401 g/mol. The third kappa shape index (κ3) is 6.23. The molecule has 0 spiro atoms. The Bertz CT molecular complexity index is 611. The van der Waals surface area contributed by atoms with Crippen molar-refractivity contribution in [3.63, 3.8) is 0 Å². The van der Waals surface area contributed by atoms with Crippen molar-refractivity contribution in [1.82, 2.24) is 4.90 Å². The van der Waals surface area contributed by atoms with Gasteiger partial charge >= 0.3 is 0 Å². The maximum absolute atomic E-state index is 2.24. The Kier molecular flexibility index (Phi) is 9.42. The number of nitrogens with zero attached hydrogens (tertiary/aromatic N) is 1. The molecule has 2 fully saturated rings. The second kappa shape index (κ2) is 11.3. The number of hydrogen-bond acceptors (Lipinski definition) is 2. The predicted octanol–water partition coefficient (Wildman–Crippen LogP) is 5.12. The Morgan fingerprint density at radius 1 is 0.731 bits per heavy atom. The van der Waals surface area contributed by atoms with E-state index in [9.17, 15) is 0 Å². The minimum absolute atomic E-state index is 0. The van der Waals surface area contributed by atoms with Crippen LogP contribution in [0.4, 0.5) is 0 Å². The summed E-state index contributed by atoms with van der Waals surface area (Å²) in [4.78, 5) is 4.90. The van der Waals surface area contributed by atoms with Crippen LogP contribution in [0.3, 0.4) is 0 Å². The average Bonchev–Trinajstić information content (AvgIpc) is 3.38. The van der Waals surface area contributed by atoms with Gasteiger partial charge in [-0.25, -0.2) is 0 Å². The van der Waals surface area contributed by atoms with Crippen molar-refractivity contribution in [3.05, 3.63) is 111 Å².